The van der Waals surface area contributed by atoms with Crippen LogP contribution in [0.1, 0.15) is 399 Å². The Balaban J connectivity index is 0.000000398. The second-order valence-corrected chi connectivity index (χ2v) is 34.2. The van der Waals surface area contributed by atoms with Crippen LogP contribution in [0.2, 0.25) is 0 Å². The Labute approximate surface area is 699 Å². The highest BCUT2D eigenvalue weighted by molar-refractivity contribution is 5.77. The monoisotopic (exact) mass is 1590 g/mol. The van der Waals surface area contributed by atoms with Crippen LogP contribution in [-0.4, -0.2) is 179 Å². The zero-order chi connectivity index (χ0) is 82.4. The Morgan fingerprint density at radius 2 is 0.491 bits per heavy atom. The lowest BCUT2D eigenvalue weighted by Crippen LogP contribution is -2.49. The second-order valence-electron chi connectivity index (χ2n) is 34.2. The average molecular weight is 1590 g/mol. The Bertz CT molecular complexity index is 2590. The average Bonchev–Trinajstić information content (AvgIpc) is 1.73. The summed E-state index contributed by atoms with van der Waals surface area (Å²) in [4.78, 5) is 58.8. The molecule has 0 aromatic heterocycles. The van der Waals surface area contributed by atoms with Gasteiger partial charge in [-0.2, -0.15) is 0 Å². The fraction of sp³-hybridized carbons (Fsp3) is 0.796. The molecule has 0 bridgehead atoms. The van der Waals surface area contributed by atoms with Gasteiger partial charge in [-0.25, -0.2) is 0 Å². The van der Waals surface area contributed by atoms with Crippen LogP contribution in [0, 0.1) is 0 Å². The summed E-state index contributed by atoms with van der Waals surface area (Å²) in [5.74, 6) is 0.298. The standard InChI is InChI=1S/C30H58N2O2.C28H54N2O2.C21H34N2O2.C19H30N2O2/c1-3-5-7-9-10-11-12-13-14-15-16-18-19-23-29(33)28(27-32-25-21-22-26-32)31-30(34)24-20-17-8-6-4-2;1-3-5-7-8-9-10-11-12-13-14-15-16-18-21-27(31)26(25-30-23-19-20-24-30)29-28(32)22-17-6-4-2;1-2-3-4-5-9-14-20(24)22-19(17-23-15-10-11-16-23)21(25)18-12-7-6-8-13-18;1-2-3-5-12-18(22)20-17(15-21-13-8-9-14-21)19(23)16-10-6-4-7-11-16/h19,23,28-29,33H,3-18,20-22,24-27H2,1-2H3,(H,31,34);18,21,26-27,31H,3-17,19-20,22-25H2,1-2H3,(H,29,32);6-8,12-13,19,21,25H,2-5,9-11,14-17H2,1H3,(H,22,24);4,6-7,10-11,17,19,23H,2-3,5,8-9,12-15H2,1H3,(H,20,22)/b23-19+;21-18+;;. The number of hydrogen-bond acceptors (Lipinski definition) is 12. The maximum absolute atomic E-state index is 12.5. The molecule has 2 aromatic carbocycles. The molecular formula is C98H176N8O8. The highest BCUT2D eigenvalue weighted by atomic mass is 16.3. The highest BCUT2D eigenvalue weighted by Gasteiger charge is 2.30. The van der Waals surface area contributed by atoms with Crippen molar-refractivity contribution in [1.29, 1.82) is 0 Å². The molecule has 6 rings (SSSR count). The third-order valence-corrected chi connectivity index (χ3v) is 23.5. The van der Waals surface area contributed by atoms with Gasteiger partial charge in [-0.05, 0) is 166 Å². The molecule has 4 fully saturated rings. The van der Waals surface area contributed by atoms with Crippen LogP contribution in [0.25, 0.3) is 0 Å². The van der Waals surface area contributed by atoms with Gasteiger partial charge in [-0.15, -0.1) is 0 Å². The van der Waals surface area contributed by atoms with E-state index in [1.807, 2.05) is 72.8 Å². The van der Waals surface area contributed by atoms with Crippen LogP contribution in [0.3, 0.4) is 0 Å². The molecule has 16 heteroatoms. The van der Waals surface area contributed by atoms with E-state index in [0.717, 1.165) is 167 Å². The maximum atomic E-state index is 12.5. The van der Waals surface area contributed by atoms with E-state index >= 15 is 0 Å². The minimum absolute atomic E-state index is 0.0534. The van der Waals surface area contributed by atoms with Crippen molar-refractivity contribution in [3.63, 3.8) is 0 Å². The molecular weight excluding hydrogens is 1420 g/mol. The van der Waals surface area contributed by atoms with Gasteiger partial charge in [0.1, 0.15) is 12.2 Å². The van der Waals surface area contributed by atoms with Gasteiger partial charge in [0.2, 0.25) is 23.6 Å². The zero-order valence-electron chi connectivity index (χ0n) is 74.2. The first-order valence-electron chi connectivity index (χ1n) is 48.0. The van der Waals surface area contributed by atoms with Crippen molar-refractivity contribution in [2.75, 3.05) is 78.5 Å². The molecule has 8 unspecified atom stereocenters. The highest BCUT2D eigenvalue weighted by Crippen LogP contribution is 2.24. The number of aliphatic hydroxyl groups excluding tert-OH is 4. The lowest BCUT2D eigenvalue weighted by molar-refractivity contribution is -0.123. The first-order chi connectivity index (χ1) is 55.7. The molecule has 4 amide bonds. The number of aliphatic hydroxyl groups is 4. The summed E-state index contributed by atoms with van der Waals surface area (Å²) in [5.41, 5.74) is 1.74. The lowest BCUT2D eigenvalue weighted by atomic mass is 10.0. The summed E-state index contributed by atoms with van der Waals surface area (Å²) in [6.45, 7) is 24.7. The van der Waals surface area contributed by atoms with Crippen LogP contribution in [0.5, 0.6) is 0 Å². The summed E-state index contributed by atoms with van der Waals surface area (Å²) in [5, 5.41) is 55.5. The molecule has 4 aliphatic heterocycles. The lowest BCUT2D eigenvalue weighted by Gasteiger charge is -2.28. The van der Waals surface area contributed by atoms with E-state index in [9.17, 15) is 39.6 Å². The number of likely N-dealkylation sites (tertiary alicyclic amines) is 4. The third kappa shape index (κ3) is 54.5. The van der Waals surface area contributed by atoms with Crippen molar-refractivity contribution in [2.24, 2.45) is 0 Å². The van der Waals surface area contributed by atoms with Gasteiger partial charge >= 0.3 is 0 Å². The van der Waals surface area contributed by atoms with Gasteiger partial charge in [0.05, 0.1) is 36.4 Å². The van der Waals surface area contributed by atoms with Crippen molar-refractivity contribution in [1.82, 2.24) is 40.9 Å². The normalized spacial score (nSPS) is 16.9. The van der Waals surface area contributed by atoms with Crippen molar-refractivity contribution >= 4 is 23.6 Å². The number of nitrogens with one attached hydrogen (secondary N) is 4. The number of amides is 4. The smallest absolute Gasteiger partial charge is 0.220 e. The Hall–Kier alpha value is -4.52. The second kappa shape index (κ2) is 72.5. The number of unbranched alkanes of at least 4 members (excludes halogenated alkanes) is 34. The number of carbonyl (C=O) groups excluding carboxylic acids is 4. The summed E-state index contributed by atoms with van der Waals surface area (Å²) in [6.07, 6.45) is 67.2. The Kier molecular flexibility index (Phi) is 65.9. The molecule has 0 saturated carbocycles. The Morgan fingerprint density at radius 3 is 0.746 bits per heavy atom. The van der Waals surface area contributed by atoms with Crippen LogP contribution >= 0.6 is 0 Å². The fourth-order valence-corrected chi connectivity index (χ4v) is 16.2. The van der Waals surface area contributed by atoms with Gasteiger partial charge in [-0.3, -0.25) is 19.2 Å². The van der Waals surface area contributed by atoms with E-state index in [4.69, 9.17) is 0 Å². The first kappa shape index (κ1) is 104. The van der Waals surface area contributed by atoms with Gasteiger partial charge in [0.25, 0.3) is 0 Å². The minimum Gasteiger partial charge on any atom is -0.387 e. The molecule has 4 aliphatic rings. The number of carbonyl (C=O) groups is 4. The largest absolute Gasteiger partial charge is 0.387 e. The van der Waals surface area contributed by atoms with Crippen molar-refractivity contribution in [3.8, 4) is 0 Å². The van der Waals surface area contributed by atoms with Crippen molar-refractivity contribution < 1.29 is 39.6 Å². The summed E-state index contributed by atoms with van der Waals surface area (Å²) in [6, 6.07) is 18.4. The molecule has 16 nitrogen and oxygen atoms in total. The number of rotatable bonds is 64. The van der Waals surface area contributed by atoms with E-state index < -0.39 is 24.4 Å². The first-order valence-corrected chi connectivity index (χ1v) is 48.0. The third-order valence-electron chi connectivity index (χ3n) is 23.5. The molecule has 0 radical (unpaired) electrons. The predicted molar refractivity (Wildman–Crippen MR) is 481 cm³/mol. The quantitative estimate of drug-likeness (QED) is 0.0230. The zero-order valence-corrected chi connectivity index (χ0v) is 74.2. The molecule has 0 spiro atoms. The molecule has 4 heterocycles. The van der Waals surface area contributed by atoms with E-state index in [1.54, 1.807) is 0 Å². The van der Waals surface area contributed by atoms with Crippen LogP contribution < -0.4 is 21.3 Å². The van der Waals surface area contributed by atoms with Crippen LogP contribution in [-0.2, 0) is 19.2 Å². The number of hydrogen-bond donors (Lipinski definition) is 8. The molecule has 114 heavy (non-hydrogen) atoms. The van der Waals surface area contributed by atoms with Gasteiger partial charge in [0, 0.05) is 51.9 Å². The van der Waals surface area contributed by atoms with Crippen LogP contribution in [0.15, 0.2) is 85.0 Å². The number of nitrogens with zero attached hydrogens (tertiary/aromatic N) is 4. The molecule has 656 valence electrons. The summed E-state index contributed by atoms with van der Waals surface area (Å²) in [7, 11) is 0. The van der Waals surface area contributed by atoms with Gasteiger partial charge < -0.3 is 61.3 Å². The number of benzene rings is 2. The van der Waals surface area contributed by atoms with E-state index in [2.05, 4.69) is 94.6 Å². The van der Waals surface area contributed by atoms with Crippen LogP contribution in [0.4, 0.5) is 0 Å². The van der Waals surface area contributed by atoms with E-state index in [1.165, 1.54) is 231 Å². The maximum Gasteiger partial charge on any atom is 0.220 e. The van der Waals surface area contributed by atoms with E-state index in [0.29, 0.717) is 25.7 Å². The van der Waals surface area contributed by atoms with Crippen molar-refractivity contribution in [3.05, 3.63) is 96.1 Å². The van der Waals surface area contributed by atoms with Crippen molar-refractivity contribution in [2.45, 2.75) is 424 Å². The van der Waals surface area contributed by atoms with Gasteiger partial charge in [0.15, 0.2) is 0 Å². The van der Waals surface area contributed by atoms with Gasteiger partial charge in [-0.1, -0.05) is 332 Å². The topological polar surface area (TPSA) is 210 Å². The SMILES string of the molecule is CCCCCC(=O)NC(CN1CCCC1)C(O)c1ccccc1.CCCCCCCC(=O)NC(CN1CCCC1)C(O)c1ccccc1.CCCCCCCCCCCCC/C=C/C(O)C(CN1CCCC1)NC(=O)CCCCC.CCCCCCCCCCCCC/C=C/C(O)C(CN1CCCC1)NC(=O)CCCCCCC. The fourth-order valence-electron chi connectivity index (χ4n) is 16.2. The number of allylic oxidation sites excluding steroid dienone is 2. The Morgan fingerprint density at radius 1 is 0.289 bits per heavy atom. The molecule has 8 atom stereocenters. The summed E-state index contributed by atoms with van der Waals surface area (Å²) >= 11 is 0. The molecule has 0 aliphatic carbocycles. The minimum atomic E-state index is -0.661. The molecule has 4 saturated heterocycles. The predicted octanol–water partition coefficient (Wildman–Crippen LogP) is 20.9. The summed E-state index contributed by atoms with van der Waals surface area (Å²) < 4.78 is 0. The van der Waals surface area contributed by atoms with E-state index in [-0.39, 0.29) is 47.8 Å². The molecule has 2 aromatic rings. The molecule has 8 N–H and O–H groups in total.